The summed E-state index contributed by atoms with van der Waals surface area (Å²) in [7, 11) is 1.76. The molecule has 2 heteroatoms. The summed E-state index contributed by atoms with van der Waals surface area (Å²) in [5.74, 6) is 1.34. The molecule has 1 aromatic rings. The van der Waals surface area contributed by atoms with Crippen molar-refractivity contribution in [3.8, 4) is 5.75 Å². The highest BCUT2D eigenvalue weighted by Gasteiger charge is 2.42. The van der Waals surface area contributed by atoms with E-state index in [1.54, 1.807) is 12.7 Å². The number of methoxy groups -OCH3 is 1. The fourth-order valence-corrected chi connectivity index (χ4v) is 4.67. The molecule has 3 aliphatic rings. The third kappa shape index (κ3) is 1.83. The van der Waals surface area contributed by atoms with Gasteiger partial charge in [-0.15, -0.1) is 0 Å². The number of fused-ring (bicyclic) bond motifs is 4. The number of carbonyl (C=O) groups excluding carboxylic acids is 1. The van der Waals surface area contributed by atoms with Gasteiger partial charge in [0.1, 0.15) is 5.75 Å². The number of hydrogen-bond donors (Lipinski definition) is 0. The number of ketones is 1. The highest BCUT2D eigenvalue weighted by Crippen LogP contribution is 2.55. The molecule has 1 unspecified atom stereocenters. The SMILES string of the molecule is COc1cccc2c1CCC1=C2CCC2=CC(=O)CCC21C. The van der Waals surface area contributed by atoms with Crippen molar-refractivity contribution in [3.63, 3.8) is 0 Å². The van der Waals surface area contributed by atoms with E-state index in [2.05, 4.69) is 25.1 Å². The zero-order chi connectivity index (χ0) is 15.3. The summed E-state index contributed by atoms with van der Waals surface area (Å²) in [4.78, 5) is 11.8. The number of rotatable bonds is 1. The fraction of sp³-hybridized carbons (Fsp3) is 0.450. The minimum Gasteiger partial charge on any atom is -0.496 e. The van der Waals surface area contributed by atoms with Gasteiger partial charge in [-0.3, -0.25) is 4.79 Å². The molecule has 0 aromatic heterocycles. The Morgan fingerprint density at radius 1 is 1.09 bits per heavy atom. The van der Waals surface area contributed by atoms with Gasteiger partial charge in [-0.25, -0.2) is 0 Å². The molecule has 0 saturated carbocycles. The summed E-state index contributed by atoms with van der Waals surface area (Å²) in [5.41, 5.74) is 7.34. The molecule has 0 fully saturated rings. The monoisotopic (exact) mass is 294 g/mol. The van der Waals surface area contributed by atoms with Crippen LogP contribution in [0.5, 0.6) is 5.75 Å². The molecule has 0 amide bonds. The molecule has 0 spiro atoms. The van der Waals surface area contributed by atoms with E-state index >= 15 is 0 Å². The number of benzene rings is 1. The zero-order valence-electron chi connectivity index (χ0n) is 13.4. The highest BCUT2D eigenvalue weighted by atomic mass is 16.5. The van der Waals surface area contributed by atoms with Gasteiger partial charge in [0.15, 0.2) is 5.78 Å². The first-order valence-electron chi connectivity index (χ1n) is 8.26. The van der Waals surface area contributed by atoms with Crippen molar-refractivity contribution in [2.75, 3.05) is 7.11 Å². The summed E-state index contributed by atoms with van der Waals surface area (Å²) >= 11 is 0. The van der Waals surface area contributed by atoms with Crippen LogP contribution >= 0.6 is 0 Å². The molecule has 0 N–H and O–H groups in total. The first-order chi connectivity index (χ1) is 10.6. The molecule has 2 nitrogen and oxygen atoms in total. The lowest BCUT2D eigenvalue weighted by atomic mass is 9.59. The predicted molar refractivity (Wildman–Crippen MR) is 87.9 cm³/mol. The normalized spacial score (nSPS) is 26.8. The number of hydrogen-bond acceptors (Lipinski definition) is 2. The van der Waals surface area contributed by atoms with Crippen molar-refractivity contribution >= 4 is 11.4 Å². The van der Waals surface area contributed by atoms with Crippen LogP contribution in [0.25, 0.3) is 5.57 Å². The van der Waals surface area contributed by atoms with E-state index in [4.69, 9.17) is 4.74 Å². The minimum atomic E-state index is 0.113. The Kier molecular flexibility index (Phi) is 3.04. The van der Waals surface area contributed by atoms with Gasteiger partial charge in [0.2, 0.25) is 0 Å². The van der Waals surface area contributed by atoms with Gasteiger partial charge in [0.05, 0.1) is 7.11 Å². The Morgan fingerprint density at radius 2 is 1.95 bits per heavy atom. The summed E-state index contributed by atoms with van der Waals surface area (Å²) in [6.45, 7) is 2.35. The quantitative estimate of drug-likeness (QED) is 0.763. The van der Waals surface area contributed by atoms with Crippen LogP contribution in [-0.2, 0) is 11.2 Å². The number of carbonyl (C=O) groups is 1. The van der Waals surface area contributed by atoms with E-state index < -0.39 is 0 Å². The van der Waals surface area contributed by atoms with E-state index in [1.807, 2.05) is 6.08 Å². The van der Waals surface area contributed by atoms with Gasteiger partial charge >= 0.3 is 0 Å². The van der Waals surface area contributed by atoms with E-state index in [-0.39, 0.29) is 5.41 Å². The van der Waals surface area contributed by atoms with Gasteiger partial charge < -0.3 is 4.74 Å². The molecule has 3 aliphatic carbocycles. The standard InChI is InChI=1S/C20H22O2/c1-20-11-10-14(21)12-13(20)6-7-16-15-4-3-5-19(22-2)17(15)8-9-18(16)20/h3-5,12H,6-11H2,1-2H3. The fourth-order valence-electron chi connectivity index (χ4n) is 4.67. The Morgan fingerprint density at radius 3 is 2.77 bits per heavy atom. The zero-order valence-corrected chi connectivity index (χ0v) is 13.4. The average Bonchev–Trinajstić information content (AvgIpc) is 2.54. The van der Waals surface area contributed by atoms with Crippen LogP contribution < -0.4 is 4.74 Å². The molecule has 0 radical (unpaired) electrons. The van der Waals surface area contributed by atoms with Gasteiger partial charge in [-0.2, -0.15) is 0 Å². The van der Waals surface area contributed by atoms with Crippen LogP contribution in [0.2, 0.25) is 0 Å². The lowest BCUT2D eigenvalue weighted by Gasteiger charge is -2.45. The van der Waals surface area contributed by atoms with Crippen LogP contribution in [0.1, 0.15) is 50.2 Å². The van der Waals surface area contributed by atoms with Crippen LogP contribution in [0.3, 0.4) is 0 Å². The van der Waals surface area contributed by atoms with Crippen molar-refractivity contribution in [2.24, 2.45) is 5.41 Å². The Balaban J connectivity index is 1.88. The second-order valence-corrected chi connectivity index (χ2v) is 6.91. The molecule has 1 aromatic carbocycles. The molecule has 0 bridgehead atoms. The lowest BCUT2D eigenvalue weighted by Crippen LogP contribution is -2.32. The van der Waals surface area contributed by atoms with E-state index in [9.17, 15) is 4.79 Å². The maximum atomic E-state index is 11.8. The molecule has 1 atom stereocenters. The second-order valence-electron chi connectivity index (χ2n) is 6.91. The maximum absolute atomic E-state index is 11.8. The van der Waals surface area contributed by atoms with Gasteiger partial charge in [-0.05, 0) is 55.4 Å². The summed E-state index contributed by atoms with van der Waals surface area (Å²) in [5, 5.41) is 0. The van der Waals surface area contributed by atoms with Crippen molar-refractivity contribution < 1.29 is 9.53 Å². The third-order valence-electron chi connectivity index (χ3n) is 5.89. The third-order valence-corrected chi connectivity index (χ3v) is 5.89. The van der Waals surface area contributed by atoms with Crippen molar-refractivity contribution in [1.29, 1.82) is 0 Å². The maximum Gasteiger partial charge on any atom is 0.155 e. The molecular weight excluding hydrogens is 272 g/mol. The summed E-state index contributed by atoms with van der Waals surface area (Å²) in [6.07, 6.45) is 7.85. The Hall–Kier alpha value is -1.83. The molecule has 114 valence electrons. The van der Waals surface area contributed by atoms with E-state index in [0.717, 1.165) is 37.9 Å². The highest BCUT2D eigenvalue weighted by molar-refractivity contribution is 5.93. The first-order valence-corrected chi connectivity index (χ1v) is 8.26. The lowest BCUT2D eigenvalue weighted by molar-refractivity contribution is -0.115. The molecular formula is C20H22O2. The Labute approximate surface area is 131 Å². The van der Waals surface area contributed by atoms with Gasteiger partial charge in [-0.1, -0.05) is 30.2 Å². The van der Waals surface area contributed by atoms with Crippen LogP contribution in [0, 0.1) is 5.41 Å². The summed E-state index contributed by atoms with van der Waals surface area (Å²) < 4.78 is 5.56. The van der Waals surface area contributed by atoms with Gasteiger partial charge in [0.25, 0.3) is 0 Å². The van der Waals surface area contributed by atoms with Crippen LogP contribution in [0.4, 0.5) is 0 Å². The smallest absolute Gasteiger partial charge is 0.155 e. The predicted octanol–water partition coefficient (Wildman–Crippen LogP) is 4.48. The molecule has 0 aliphatic heterocycles. The topological polar surface area (TPSA) is 26.3 Å². The molecule has 0 saturated heterocycles. The van der Waals surface area contributed by atoms with Crippen molar-refractivity contribution in [1.82, 2.24) is 0 Å². The molecule has 22 heavy (non-hydrogen) atoms. The molecule has 4 rings (SSSR count). The van der Waals surface area contributed by atoms with E-state index in [1.165, 1.54) is 22.3 Å². The Bertz CT molecular complexity index is 723. The second kappa shape index (κ2) is 4.84. The number of ether oxygens (including phenoxy) is 1. The molecule has 0 heterocycles. The van der Waals surface area contributed by atoms with Crippen molar-refractivity contribution in [3.05, 3.63) is 46.5 Å². The number of allylic oxidation sites excluding steroid dienone is 4. The minimum absolute atomic E-state index is 0.113. The first kappa shape index (κ1) is 13.8. The average molecular weight is 294 g/mol. The van der Waals surface area contributed by atoms with Crippen LogP contribution in [0.15, 0.2) is 35.4 Å². The summed E-state index contributed by atoms with van der Waals surface area (Å²) in [6, 6.07) is 6.42. The van der Waals surface area contributed by atoms with Crippen LogP contribution in [-0.4, -0.2) is 12.9 Å². The van der Waals surface area contributed by atoms with Crippen molar-refractivity contribution in [2.45, 2.75) is 45.4 Å². The van der Waals surface area contributed by atoms with E-state index in [0.29, 0.717) is 12.2 Å². The largest absolute Gasteiger partial charge is 0.496 e. The van der Waals surface area contributed by atoms with Gasteiger partial charge in [0, 0.05) is 17.4 Å².